The third-order valence-corrected chi connectivity index (χ3v) is 6.72. The van der Waals surface area contributed by atoms with E-state index in [-0.39, 0.29) is 18.4 Å². The molecule has 0 saturated carbocycles. The van der Waals surface area contributed by atoms with Crippen LogP contribution in [0.15, 0.2) is 66.2 Å². The third kappa shape index (κ3) is 4.76. The Labute approximate surface area is 211 Å². The molecule has 1 atom stereocenters. The van der Waals surface area contributed by atoms with E-state index in [1.165, 1.54) is 16.2 Å². The van der Waals surface area contributed by atoms with Crippen molar-refractivity contribution in [1.82, 2.24) is 9.97 Å². The van der Waals surface area contributed by atoms with Crippen LogP contribution in [0.3, 0.4) is 0 Å². The summed E-state index contributed by atoms with van der Waals surface area (Å²) >= 11 is 7.51. The standard InChI is InChI=1S/C26H21ClN4O3S/c1-15-11-18(27)7-8-19(15)29-24(32)13-31-22-12-17(6-9-23(22)34-16(2)26(31)33)21-14-35-25(30-21)20-5-3-4-10-28-20/h3-12,14,16H,13H2,1-2H3,(H,29,32). The summed E-state index contributed by atoms with van der Waals surface area (Å²) in [6.07, 6.45) is 1.03. The summed E-state index contributed by atoms with van der Waals surface area (Å²) in [5.41, 5.74) is 4.37. The molecular weight excluding hydrogens is 484 g/mol. The molecule has 0 bridgehead atoms. The van der Waals surface area contributed by atoms with Crippen LogP contribution in [0.4, 0.5) is 11.4 Å². The van der Waals surface area contributed by atoms with Crippen molar-refractivity contribution >= 4 is 46.1 Å². The van der Waals surface area contributed by atoms with E-state index >= 15 is 0 Å². The Balaban J connectivity index is 1.43. The zero-order chi connectivity index (χ0) is 24.5. The maximum absolute atomic E-state index is 13.0. The number of fused-ring (bicyclic) bond motifs is 1. The molecule has 1 aliphatic heterocycles. The number of amides is 2. The number of carbonyl (C=O) groups excluding carboxylic acids is 2. The second kappa shape index (κ2) is 9.48. The lowest BCUT2D eigenvalue weighted by atomic mass is 10.1. The van der Waals surface area contributed by atoms with Gasteiger partial charge in [0.2, 0.25) is 5.91 Å². The van der Waals surface area contributed by atoms with E-state index in [0.717, 1.165) is 27.5 Å². The van der Waals surface area contributed by atoms with Crippen LogP contribution >= 0.6 is 22.9 Å². The second-order valence-corrected chi connectivity index (χ2v) is 9.42. The van der Waals surface area contributed by atoms with E-state index in [0.29, 0.717) is 22.1 Å². The average molecular weight is 505 g/mol. The van der Waals surface area contributed by atoms with E-state index in [4.69, 9.17) is 21.3 Å². The van der Waals surface area contributed by atoms with Gasteiger partial charge in [0.15, 0.2) is 6.10 Å². The molecule has 0 saturated heterocycles. The summed E-state index contributed by atoms with van der Waals surface area (Å²) < 4.78 is 5.81. The Morgan fingerprint density at radius 1 is 1.17 bits per heavy atom. The molecule has 5 rings (SSSR count). The number of anilines is 2. The Bertz CT molecular complexity index is 1420. The van der Waals surface area contributed by atoms with Crippen LogP contribution in [0.5, 0.6) is 5.75 Å². The minimum absolute atomic E-state index is 0.151. The average Bonchev–Trinajstić information content (AvgIpc) is 3.35. The Hall–Kier alpha value is -3.75. The molecule has 7 nitrogen and oxygen atoms in total. The topological polar surface area (TPSA) is 84.4 Å². The summed E-state index contributed by atoms with van der Waals surface area (Å²) in [4.78, 5) is 36.4. The maximum atomic E-state index is 13.0. The van der Waals surface area contributed by atoms with Gasteiger partial charge in [-0.25, -0.2) is 4.98 Å². The van der Waals surface area contributed by atoms with Gasteiger partial charge >= 0.3 is 0 Å². The highest BCUT2D eigenvalue weighted by molar-refractivity contribution is 7.13. The molecule has 0 spiro atoms. The van der Waals surface area contributed by atoms with E-state index in [2.05, 4.69) is 10.3 Å². The number of carbonyl (C=O) groups is 2. The molecule has 2 aromatic carbocycles. The van der Waals surface area contributed by atoms with Crippen molar-refractivity contribution in [3.05, 3.63) is 76.8 Å². The zero-order valence-corrected chi connectivity index (χ0v) is 20.6. The fraction of sp³-hybridized carbons (Fsp3) is 0.154. The number of rotatable bonds is 5. The lowest BCUT2D eigenvalue weighted by Crippen LogP contribution is -2.47. The van der Waals surface area contributed by atoms with Gasteiger partial charge in [0.05, 0.1) is 17.1 Å². The smallest absolute Gasteiger partial charge is 0.268 e. The Morgan fingerprint density at radius 2 is 2.03 bits per heavy atom. The number of thiazole rings is 1. The second-order valence-electron chi connectivity index (χ2n) is 8.13. The number of aromatic nitrogens is 2. The minimum Gasteiger partial charge on any atom is -0.479 e. The summed E-state index contributed by atoms with van der Waals surface area (Å²) in [7, 11) is 0. The molecule has 0 fully saturated rings. The highest BCUT2D eigenvalue weighted by Gasteiger charge is 2.33. The fourth-order valence-electron chi connectivity index (χ4n) is 3.84. The lowest BCUT2D eigenvalue weighted by Gasteiger charge is -2.33. The van der Waals surface area contributed by atoms with E-state index in [1.54, 1.807) is 31.3 Å². The molecule has 0 radical (unpaired) electrons. The van der Waals surface area contributed by atoms with Gasteiger partial charge < -0.3 is 10.1 Å². The summed E-state index contributed by atoms with van der Waals surface area (Å²) in [6, 6.07) is 16.4. The number of nitrogens with one attached hydrogen (secondary N) is 1. The normalized spacial score (nSPS) is 14.9. The van der Waals surface area contributed by atoms with Gasteiger partial charge in [-0.1, -0.05) is 17.7 Å². The first-order chi connectivity index (χ1) is 16.9. The summed E-state index contributed by atoms with van der Waals surface area (Å²) in [5, 5.41) is 6.20. The molecule has 176 valence electrons. The number of hydrogen-bond acceptors (Lipinski definition) is 6. The van der Waals surface area contributed by atoms with Gasteiger partial charge in [-0.2, -0.15) is 0 Å². The monoisotopic (exact) mass is 504 g/mol. The number of benzene rings is 2. The van der Waals surface area contributed by atoms with Crippen molar-refractivity contribution in [3.63, 3.8) is 0 Å². The molecule has 1 N–H and O–H groups in total. The SMILES string of the molecule is Cc1cc(Cl)ccc1NC(=O)CN1C(=O)C(C)Oc2ccc(-c3csc(-c4ccccn4)n3)cc21. The van der Waals surface area contributed by atoms with E-state index < -0.39 is 6.10 Å². The van der Waals surface area contributed by atoms with Crippen molar-refractivity contribution in [1.29, 1.82) is 0 Å². The van der Waals surface area contributed by atoms with Crippen molar-refractivity contribution in [2.24, 2.45) is 0 Å². The quantitative estimate of drug-likeness (QED) is 0.383. The molecule has 4 aromatic rings. The van der Waals surface area contributed by atoms with Crippen LogP contribution in [-0.2, 0) is 9.59 Å². The predicted molar refractivity (Wildman–Crippen MR) is 138 cm³/mol. The van der Waals surface area contributed by atoms with E-state index in [9.17, 15) is 9.59 Å². The molecule has 35 heavy (non-hydrogen) atoms. The van der Waals surface area contributed by atoms with Crippen LogP contribution in [-0.4, -0.2) is 34.4 Å². The van der Waals surface area contributed by atoms with Gasteiger partial charge in [0.25, 0.3) is 5.91 Å². The van der Waals surface area contributed by atoms with Gasteiger partial charge in [0.1, 0.15) is 17.3 Å². The van der Waals surface area contributed by atoms with Crippen molar-refractivity contribution in [2.75, 3.05) is 16.8 Å². The number of nitrogens with zero attached hydrogens (tertiary/aromatic N) is 3. The molecule has 3 heterocycles. The fourth-order valence-corrected chi connectivity index (χ4v) is 4.87. The molecule has 1 unspecified atom stereocenters. The van der Waals surface area contributed by atoms with Crippen LogP contribution in [0.2, 0.25) is 5.02 Å². The van der Waals surface area contributed by atoms with Crippen molar-refractivity contribution < 1.29 is 14.3 Å². The molecule has 9 heteroatoms. The highest BCUT2D eigenvalue weighted by atomic mass is 35.5. The number of hydrogen-bond donors (Lipinski definition) is 1. The van der Waals surface area contributed by atoms with Crippen LogP contribution in [0.1, 0.15) is 12.5 Å². The van der Waals surface area contributed by atoms with Crippen LogP contribution in [0.25, 0.3) is 22.0 Å². The number of ether oxygens (including phenoxy) is 1. The van der Waals surface area contributed by atoms with Crippen molar-refractivity contribution in [3.8, 4) is 27.7 Å². The Morgan fingerprint density at radius 3 is 2.80 bits per heavy atom. The van der Waals surface area contributed by atoms with Gasteiger partial charge in [-0.15, -0.1) is 11.3 Å². The van der Waals surface area contributed by atoms with Gasteiger partial charge in [-0.3, -0.25) is 19.5 Å². The summed E-state index contributed by atoms with van der Waals surface area (Å²) in [6.45, 7) is 3.38. The molecule has 2 amide bonds. The number of pyridine rings is 1. The predicted octanol–water partition coefficient (Wildman–Crippen LogP) is 5.59. The third-order valence-electron chi connectivity index (χ3n) is 5.62. The lowest BCUT2D eigenvalue weighted by molar-refractivity contribution is -0.127. The zero-order valence-electron chi connectivity index (χ0n) is 19.0. The van der Waals surface area contributed by atoms with E-state index in [1.807, 2.05) is 48.7 Å². The first-order valence-electron chi connectivity index (χ1n) is 10.9. The maximum Gasteiger partial charge on any atom is 0.268 e. The molecule has 0 aliphatic carbocycles. The Kier molecular flexibility index (Phi) is 6.23. The number of aryl methyl sites for hydroxylation is 1. The van der Waals surface area contributed by atoms with Gasteiger partial charge in [0, 0.05) is 27.9 Å². The largest absolute Gasteiger partial charge is 0.479 e. The van der Waals surface area contributed by atoms with Gasteiger partial charge in [-0.05, 0) is 67.9 Å². The van der Waals surface area contributed by atoms with Crippen molar-refractivity contribution in [2.45, 2.75) is 20.0 Å². The van der Waals surface area contributed by atoms with Crippen LogP contribution < -0.4 is 15.0 Å². The summed E-state index contributed by atoms with van der Waals surface area (Å²) in [5.74, 6) is -0.0677. The number of halogens is 1. The first kappa shape index (κ1) is 23.0. The van der Waals surface area contributed by atoms with Crippen LogP contribution in [0, 0.1) is 6.92 Å². The first-order valence-corrected chi connectivity index (χ1v) is 12.2. The molecular formula is C26H21ClN4O3S. The molecule has 1 aliphatic rings. The minimum atomic E-state index is -0.701. The highest BCUT2D eigenvalue weighted by Crippen LogP contribution is 2.38. The molecule has 2 aromatic heterocycles.